The predicted octanol–water partition coefficient (Wildman–Crippen LogP) is 13.5. The average molecular weight is 605 g/mol. The minimum Gasteiger partial charge on any atom is -0.0622 e. The normalized spacial score (nSPS) is 12.2. The van der Waals surface area contributed by atoms with Gasteiger partial charge in [-0.2, -0.15) is 0 Å². The van der Waals surface area contributed by atoms with Crippen molar-refractivity contribution < 1.29 is 0 Å². The molecule has 0 N–H and O–H groups in total. The zero-order chi connectivity index (χ0) is 31.3. The third kappa shape index (κ3) is 3.34. The van der Waals surface area contributed by atoms with E-state index in [4.69, 9.17) is 0 Å². The molecule has 0 nitrogen and oxygen atoms in total. The minimum absolute atomic E-state index is 1.25. The summed E-state index contributed by atoms with van der Waals surface area (Å²) in [5.74, 6) is 0. The molecule has 0 amide bonds. The number of fused-ring (bicyclic) bond motifs is 6. The fraction of sp³-hybridized carbons (Fsp3) is 0. The van der Waals surface area contributed by atoms with Gasteiger partial charge >= 0.3 is 0 Å². The van der Waals surface area contributed by atoms with Crippen LogP contribution < -0.4 is 0 Å². The highest BCUT2D eigenvalue weighted by Gasteiger charge is 2.31. The maximum Gasteiger partial charge on any atom is -0.000696 e. The molecule has 0 heterocycles. The summed E-state index contributed by atoms with van der Waals surface area (Å²) in [6.07, 6.45) is 0. The number of hydrogen-bond acceptors (Lipinski definition) is 0. The van der Waals surface area contributed by atoms with Crippen molar-refractivity contribution in [3.63, 3.8) is 0 Å². The average Bonchev–Trinajstić information content (AvgIpc) is 3.49. The topological polar surface area (TPSA) is 0 Å². The molecule has 220 valence electrons. The van der Waals surface area contributed by atoms with E-state index in [1.807, 2.05) is 0 Å². The molecule has 0 saturated heterocycles. The summed E-state index contributed by atoms with van der Waals surface area (Å²) < 4.78 is 0. The zero-order valence-electron chi connectivity index (χ0n) is 26.2. The molecule has 1 aliphatic carbocycles. The van der Waals surface area contributed by atoms with E-state index in [1.165, 1.54) is 109 Å². The largest absolute Gasteiger partial charge is 0.0622 e. The molecule has 0 aliphatic heterocycles. The summed E-state index contributed by atoms with van der Waals surface area (Å²) in [4.78, 5) is 0. The second-order valence-electron chi connectivity index (χ2n) is 13.1. The zero-order valence-corrected chi connectivity index (χ0v) is 26.2. The first-order chi connectivity index (χ1) is 23.9. The standard InChI is InChI=1S/C48H28/c1-4-13-29(14-5-1)32-25-27-40-43-34(32)19-10-21-36(43)37-22-12-23-38-42(31-17-8-3-9-18-31)46-41-28-26-33(30-15-6-2-7-16-30)35-20-11-24-39(44(35)41)48(46)47(40)45(37)38/h1-28H. The van der Waals surface area contributed by atoms with Gasteiger partial charge < -0.3 is 0 Å². The molecule has 10 aromatic carbocycles. The lowest BCUT2D eigenvalue weighted by atomic mass is 9.80. The minimum atomic E-state index is 1.25. The van der Waals surface area contributed by atoms with Crippen LogP contribution >= 0.6 is 0 Å². The van der Waals surface area contributed by atoms with Crippen LogP contribution in [-0.4, -0.2) is 0 Å². The Morgan fingerprint density at radius 1 is 0.188 bits per heavy atom. The van der Waals surface area contributed by atoms with E-state index >= 15 is 0 Å². The molecule has 1 aliphatic rings. The summed E-state index contributed by atoms with van der Waals surface area (Å²) in [5.41, 5.74) is 13.0. The summed E-state index contributed by atoms with van der Waals surface area (Å²) in [6, 6.07) is 63.0. The Hall–Kier alpha value is -6.24. The van der Waals surface area contributed by atoms with Gasteiger partial charge in [-0.3, -0.25) is 0 Å². The maximum atomic E-state index is 2.40. The van der Waals surface area contributed by atoms with Crippen LogP contribution in [0.25, 0.3) is 109 Å². The quantitative estimate of drug-likeness (QED) is 0.139. The molecule has 0 bridgehead atoms. The van der Waals surface area contributed by atoms with Crippen molar-refractivity contribution in [3.8, 4) is 55.6 Å². The lowest BCUT2D eigenvalue weighted by Crippen LogP contribution is -1.94. The van der Waals surface area contributed by atoms with Gasteiger partial charge in [-0.15, -0.1) is 0 Å². The molecular weight excluding hydrogens is 577 g/mol. The van der Waals surface area contributed by atoms with Gasteiger partial charge in [0.25, 0.3) is 0 Å². The van der Waals surface area contributed by atoms with Crippen LogP contribution in [0.3, 0.4) is 0 Å². The third-order valence-electron chi connectivity index (χ3n) is 10.7. The van der Waals surface area contributed by atoms with Gasteiger partial charge in [0, 0.05) is 0 Å². The van der Waals surface area contributed by atoms with Crippen molar-refractivity contribution in [2.24, 2.45) is 0 Å². The molecule has 0 spiro atoms. The smallest absolute Gasteiger partial charge is 0.000696 e. The number of rotatable bonds is 3. The van der Waals surface area contributed by atoms with Gasteiger partial charge in [-0.1, -0.05) is 170 Å². The van der Waals surface area contributed by atoms with E-state index in [2.05, 4.69) is 170 Å². The Morgan fingerprint density at radius 3 is 1.33 bits per heavy atom. The molecule has 0 fully saturated rings. The van der Waals surface area contributed by atoms with Gasteiger partial charge in [0.1, 0.15) is 0 Å². The second kappa shape index (κ2) is 9.64. The van der Waals surface area contributed by atoms with E-state index in [1.54, 1.807) is 0 Å². The highest BCUT2D eigenvalue weighted by atomic mass is 14.3. The Labute approximate surface area is 278 Å². The fourth-order valence-electron chi connectivity index (χ4n) is 8.88. The Balaban J connectivity index is 1.38. The molecule has 0 aromatic heterocycles. The third-order valence-corrected chi connectivity index (χ3v) is 10.7. The van der Waals surface area contributed by atoms with E-state index in [-0.39, 0.29) is 0 Å². The number of benzene rings is 10. The van der Waals surface area contributed by atoms with Crippen LogP contribution in [0.15, 0.2) is 170 Å². The monoisotopic (exact) mass is 604 g/mol. The van der Waals surface area contributed by atoms with Crippen molar-refractivity contribution >= 4 is 53.9 Å². The van der Waals surface area contributed by atoms with Crippen LogP contribution in [0.4, 0.5) is 0 Å². The fourth-order valence-corrected chi connectivity index (χ4v) is 8.88. The van der Waals surface area contributed by atoms with E-state index in [0.29, 0.717) is 0 Å². The van der Waals surface area contributed by atoms with Crippen LogP contribution in [0.5, 0.6) is 0 Å². The molecule has 0 atom stereocenters. The number of hydrogen-bond donors (Lipinski definition) is 0. The Bertz CT molecular complexity index is 2900. The van der Waals surface area contributed by atoms with Gasteiger partial charge in [-0.05, 0) is 109 Å². The van der Waals surface area contributed by atoms with Crippen molar-refractivity contribution in [1.82, 2.24) is 0 Å². The van der Waals surface area contributed by atoms with Gasteiger partial charge in [0.2, 0.25) is 0 Å². The molecule has 48 heavy (non-hydrogen) atoms. The summed E-state index contributed by atoms with van der Waals surface area (Å²) >= 11 is 0. The van der Waals surface area contributed by atoms with Crippen molar-refractivity contribution in [2.45, 2.75) is 0 Å². The first kappa shape index (κ1) is 25.9. The maximum absolute atomic E-state index is 2.40. The lowest BCUT2D eigenvalue weighted by molar-refractivity contribution is 1.65. The Morgan fingerprint density at radius 2 is 0.667 bits per heavy atom. The highest BCUT2D eigenvalue weighted by molar-refractivity contribution is 6.42. The molecular formula is C48H28. The highest BCUT2D eigenvalue weighted by Crippen LogP contribution is 2.59. The summed E-state index contributed by atoms with van der Waals surface area (Å²) in [6.45, 7) is 0. The summed E-state index contributed by atoms with van der Waals surface area (Å²) in [7, 11) is 0. The van der Waals surface area contributed by atoms with Gasteiger partial charge in [0.05, 0.1) is 0 Å². The summed E-state index contributed by atoms with van der Waals surface area (Å²) in [5, 5.41) is 13.3. The van der Waals surface area contributed by atoms with Crippen molar-refractivity contribution in [2.75, 3.05) is 0 Å². The first-order valence-electron chi connectivity index (χ1n) is 16.8. The SMILES string of the molecule is c1ccc(-c2ccc3c4c(cccc24)-c2c-3c(-c3ccccc3)c3cccc4c5cccc6c(-c7ccccc7)ccc(c2c34)c65)cc1. The van der Waals surface area contributed by atoms with Crippen LogP contribution in [-0.2, 0) is 0 Å². The van der Waals surface area contributed by atoms with Gasteiger partial charge in [-0.25, -0.2) is 0 Å². The molecule has 10 aromatic rings. The lowest BCUT2D eigenvalue weighted by Gasteiger charge is -2.22. The van der Waals surface area contributed by atoms with Crippen LogP contribution in [0.1, 0.15) is 0 Å². The predicted molar refractivity (Wildman–Crippen MR) is 206 cm³/mol. The molecule has 0 heteroatoms. The molecule has 0 radical (unpaired) electrons. The van der Waals surface area contributed by atoms with E-state index in [9.17, 15) is 0 Å². The van der Waals surface area contributed by atoms with E-state index < -0.39 is 0 Å². The van der Waals surface area contributed by atoms with Crippen molar-refractivity contribution in [3.05, 3.63) is 170 Å². The van der Waals surface area contributed by atoms with E-state index in [0.717, 1.165) is 0 Å². The molecule has 11 rings (SSSR count). The van der Waals surface area contributed by atoms with Crippen LogP contribution in [0.2, 0.25) is 0 Å². The van der Waals surface area contributed by atoms with Crippen LogP contribution in [0, 0.1) is 0 Å². The van der Waals surface area contributed by atoms with Gasteiger partial charge in [0.15, 0.2) is 0 Å². The first-order valence-corrected chi connectivity index (χ1v) is 16.8. The molecule has 0 unspecified atom stereocenters. The molecule has 0 saturated carbocycles. The van der Waals surface area contributed by atoms with Crippen molar-refractivity contribution in [1.29, 1.82) is 0 Å². The Kier molecular flexibility index (Phi) is 5.20. The second-order valence-corrected chi connectivity index (χ2v) is 13.1.